The number of hydrogen-bond donors (Lipinski definition) is 1. The van der Waals surface area contributed by atoms with Gasteiger partial charge in [-0.1, -0.05) is 6.42 Å². The lowest BCUT2D eigenvalue weighted by molar-refractivity contribution is 0.0216. The van der Waals surface area contributed by atoms with Crippen molar-refractivity contribution >= 4 is 29.9 Å². The Kier molecular flexibility index (Phi) is 3.70. The summed E-state index contributed by atoms with van der Waals surface area (Å²) in [5.41, 5.74) is 0. The quantitative estimate of drug-likeness (QED) is 0.634. The first-order valence-corrected chi connectivity index (χ1v) is 6.57. The van der Waals surface area contributed by atoms with Gasteiger partial charge in [-0.3, -0.25) is 0 Å². The smallest absolute Gasteiger partial charge is 0.348 e. The van der Waals surface area contributed by atoms with E-state index in [9.17, 15) is 4.79 Å². The SMILES string of the molecule is O=C(OC1CCCCC1)c1cc(S)cs1. The molecule has 15 heavy (non-hydrogen) atoms. The van der Waals surface area contributed by atoms with Crippen molar-refractivity contribution < 1.29 is 9.53 Å². The Hall–Kier alpha value is -0.480. The Morgan fingerprint density at radius 2 is 2.13 bits per heavy atom. The Bertz CT molecular complexity index is 340. The van der Waals surface area contributed by atoms with Gasteiger partial charge in [0, 0.05) is 10.3 Å². The van der Waals surface area contributed by atoms with Gasteiger partial charge in [0.25, 0.3) is 0 Å². The van der Waals surface area contributed by atoms with Gasteiger partial charge in [-0.05, 0) is 31.7 Å². The van der Waals surface area contributed by atoms with Gasteiger partial charge in [0.2, 0.25) is 0 Å². The minimum absolute atomic E-state index is 0.136. The molecular weight excluding hydrogens is 228 g/mol. The van der Waals surface area contributed by atoms with Gasteiger partial charge in [0.15, 0.2) is 0 Å². The summed E-state index contributed by atoms with van der Waals surface area (Å²) in [6.45, 7) is 0. The van der Waals surface area contributed by atoms with Gasteiger partial charge in [-0.25, -0.2) is 4.79 Å². The third kappa shape index (κ3) is 2.98. The predicted octanol–water partition coefficient (Wildman–Crippen LogP) is 3.53. The van der Waals surface area contributed by atoms with Gasteiger partial charge < -0.3 is 4.74 Å². The van der Waals surface area contributed by atoms with E-state index in [2.05, 4.69) is 12.6 Å². The normalized spacial score (nSPS) is 17.7. The molecule has 1 aromatic rings. The second kappa shape index (κ2) is 5.03. The molecule has 1 aromatic heterocycles. The second-order valence-corrected chi connectivity index (χ2v) is 5.26. The minimum atomic E-state index is -0.188. The highest BCUT2D eigenvalue weighted by molar-refractivity contribution is 7.80. The van der Waals surface area contributed by atoms with Crippen LogP contribution in [0.5, 0.6) is 0 Å². The number of carbonyl (C=O) groups excluding carboxylic acids is 1. The van der Waals surface area contributed by atoms with E-state index in [1.165, 1.54) is 30.6 Å². The molecule has 1 aliphatic rings. The molecule has 0 atom stereocenters. The van der Waals surface area contributed by atoms with Crippen LogP contribution in [0.4, 0.5) is 0 Å². The van der Waals surface area contributed by atoms with Gasteiger partial charge in [0.1, 0.15) is 11.0 Å². The van der Waals surface area contributed by atoms with Gasteiger partial charge in [0.05, 0.1) is 0 Å². The standard InChI is InChI=1S/C11H14O2S2/c12-11(10-6-9(14)7-15-10)13-8-4-2-1-3-5-8/h6-8,14H,1-5H2. The summed E-state index contributed by atoms with van der Waals surface area (Å²) >= 11 is 5.56. The van der Waals surface area contributed by atoms with E-state index in [4.69, 9.17) is 4.74 Å². The van der Waals surface area contributed by atoms with E-state index in [1.54, 1.807) is 6.07 Å². The molecule has 0 radical (unpaired) electrons. The molecule has 0 saturated heterocycles. The molecule has 0 spiro atoms. The monoisotopic (exact) mass is 242 g/mol. The molecule has 0 N–H and O–H groups in total. The van der Waals surface area contributed by atoms with Crippen molar-refractivity contribution in [3.8, 4) is 0 Å². The summed E-state index contributed by atoms with van der Waals surface area (Å²) in [4.78, 5) is 13.2. The number of ether oxygens (including phenoxy) is 1. The van der Waals surface area contributed by atoms with Crippen LogP contribution in [0.3, 0.4) is 0 Å². The first kappa shape index (κ1) is 11.0. The molecular formula is C11H14O2S2. The topological polar surface area (TPSA) is 26.3 Å². The number of rotatable bonds is 2. The van der Waals surface area contributed by atoms with E-state index in [-0.39, 0.29) is 12.1 Å². The number of thiol groups is 1. The lowest BCUT2D eigenvalue weighted by atomic mass is 9.98. The minimum Gasteiger partial charge on any atom is -0.458 e. The van der Waals surface area contributed by atoms with Crippen molar-refractivity contribution in [1.29, 1.82) is 0 Å². The van der Waals surface area contributed by atoms with Crippen LogP contribution in [0, 0.1) is 0 Å². The van der Waals surface area contributed by atoms with E-state index in [1.807, 2.05) is 5.38 Å². The molecule has 0 aliphatic heterocycles. The number of carbonyl (C=O) groups is 1. The first-order valence-electron chi connectivity index (χ1n) is 5.24. The van der Waals surface area contributed by atoms with Gasteiger partial charge >= 0.3 is 5.97 Å². The molecule has 2 nitrogen and oxygen atoms in total. The Morgan fingerprint density at radius 1 is 1.40 bits per heavy atom. The maximum Gasteiger partial charge on any atom is 0.348 e. The zero-order chi connectivity index (χ0) is 10.7. The van der Waals surface area contributed by atoms with Crippen molar-refractivity contribution in [2.45, 2.75) is 43.1 Å². The van der Waals surface area contributed by atoms with Crippen molar-refractivity contribution in [2.75, 3.05) is 0 Å². The summed E-state index contributed by atoms with van der Waals surface area (Å²) in [5.74, 6) is -0.188. The molecule has 0 aromatic carbocycles. The zero-order valence-corrected chi connectivity index (χ0v) is 10.2. The Labute approximate surface area is 99.1 Å². The highest BCUT2D eigenvalue weighted by Gasteiger charge is 2.19. The molecule has 0 bridgehead atoms. The van der Waals surface area contributed by atoms with Crippen LogP contribution in [-0.4, -0.2) is 12.1 Å². The summed E-state index contributed by atoms with van der Waals surface area (Å²) in [7, 11) is 0. The van der Waals surface area contributed by atoms with E-state index in [0.29, 0.717) is 4.88 Å². The summed E-state index contributed by atoms with van der Waals surface area (Å²) < 4.78 is 5.43. The van der Waals surface area contributed by atoms with Crippen LogP contribution in [0.15, 0.2) is 16.3 Å². The molecule has 1 heterocycles. The molecule has 1 aliphatic carbocycles. The van der Waals surface area contributed by atoms with Crippen LogP contribution >= 0.6 is 24.0 Å². The summed E-state index contributed by atoms with van der Waals surface area (Å²) in [6, 6.07) is 1.76. The fraction of sp³-hybridized carbons (Fsp3) is 0.545. The van der Waals surface area contributed by atoms with E-state index in [0.717, 1.165) is 17.7 Å². The average Bonchev–Trinajstić information content (AvgIpc) is 2.66. The molecule has 4 heteroatoms. The van der Waals surface area contributed by atoms with Crippen LogP contribution in [0.1, 0.15) is 41.8 Å². The van der Waals surface area contributed by atoms with Crippen LogP contribution < -0.4 is 0 Å². The third-order valence-corrected chi connectivity index (χ3v) is 3.96. The van der Waals surface area contributed by atoms with E-state index >= 15 is 0 Å². The highest BCUT2D eigenvalue weighted by Crippen LogP contribution is 2.23. The number of hydrogen-bond acceptors (Lipinski definition) is 4. The number of esters is 1. The largest absolute Gasteiger partial charge is 0.458 e. The lowest BCUT2D eigenvalue weighted by Gasteiger charge is -2.21. The average molecular weight is 242 g/mol. The van der Waals surface area contributed by atoms with E-state index < -0.39 is 0 Å². The van der Waals surface area contributed by atoms with Crippen LogP contribution in [-0.2, 0) is 4.74 Å². The van der Waals surface area contributed by atoms with Crippen molar-refractivity contribution in [1.82, 2.24) is 0 Å². The predicted molar refractivity (Wildman–Crippen MR) is 63.9 cm³/mol. The summed E-state index contributed by atoms with van der Waals surface area (Å²) in [5, 5.41) is 1.85. The highest BCUT2D eigenvalue weighted by atomic mass is 32.1. The van der Waals surface area contributed by atoms with Crippen molar-refractivity contribution in [2.24, 2.45) is 0 Å². The van der Waals surface area contributed by atoms with Gasteiger partial charge in [-0.15, -0.1) is 24.0 Å². The van der Waals surface area contributed by atoms with Crippen molar-refractivity contribution in [3.63, 3.8) is 0 Å². The molecule has 1 saturated carbocycles. The van der Waals surface area contributed by atoms with Crippen LogP contribution in [0.2, 0.25) is 0 Å². The molecule has 82 valence electrons. The van der Waals surface area contributed by atoms with Gasteiger partial charge in [-0.2, -0.15) is 0 Å². The third-order valence-electron chi connectivity index (χ3n) is 2.61. The Morgan fingerprint density at radius 3 is 2.73 bits per heavy atom. The molecule has 2 rings (SSSR count). The molecule has 1 fully saturated rings. The molecule has 0 unspecified atom stereocenters. The van der Waals surface area contributed by atoms with Crippen LogP contribution in [0.25, 0.3) is 0 Å². The second-order valence-electron chi connectivity index (χ2n) is 3.83. The van der Waals surface area contributed by atoms with Crippen molar-refractivity contribution in [3.05, 3.63) is 16.3 Å². The first-order chi connectivity index (χ1) is 7.25. The fourth-order valence-corrected chi connectivity index (χ4v) is 2.86. The number of thiophene rings is 1. The summed E-state index contributed by atoms with van der Waals surface area (Å²) in [6.07, 6.45) is 5.81. The maximum absolute atomic E-state index is 11.7. The maximum atomic E-state index is 11.7. The zero-order valence-electron chi connectivity index (χ0n) is 8.44. The lowest BCUT2D eigenvalue weighted by Crippen LogP contribution is -2.20. The molecule has 0 amide bonds. The Balaban J connectivity index is 1.91. The fourth-order valence-electron chi connectivity index (χ4n) is 1.83.